The largest absolute Gasteiger partial charge is 0.383 e. The van der Waals surface area contributed by atoms with E-state index in [4.69, 9.17) is 10.5 Å². The molecule has 1 aliphatic carbocycles. The van der Waals surface area contributed by atoms with Crippen LogP contribution in [0.2, 0.25) is 0 Å². The third-order valence-electron chi connectivity index (χ3n) is 3.95. The maximum Gasteiger partial charge on any atom is 0.188 e. The normalized spacial score (nSPS) is 28.4. The maximum atomic E-state index is 5.82. The zero-order chi connectivity index (χ0) is 12.8. The number of piperidine rings is 1. The van der Waals surface area contributed by atoms with E-state index < -0.39 is 0 Å². The number of ether oxygens (including phenoxy) is 1. The number of methoxy groups -OCH3 is 1. The highest BCUT2D eigenvalue weighted by molar-refractivity contribution is 14.0. The molecule has 0 aromatic heterocycles. The van der Waals surface area contributed by atoms with Crippen molar-refractivity contribution in [2.75, 3.05) is 33.4 Å². The molecule has 1 heterocycles. The summed E-state index contributed by atoms with van der Waals surface area (Å²) in [4.78, 5) is 6.86. The Morgan fingerprint density at radius 1 is 1.32 bits per heavy atom. The summed E-state index contributed by atoms with van der Waals surface area (Å²) in [5.41, 5.74) is 5.82. The van der Waals surface area contributed by atoms with Crippen molar-refractivity contribution < 1.29 is 4.74 Å². The first kappa shape index (κ1) is 17.0. The van der Waals surface area contributed by atoms with Crippen molar-refractivity contribution in [1.29, 1.82) is 0 Å². The standard InChI is InChI=1S/C13H26N4O.HI/c1-18-8-5-15-13(14)16-11-9-12(10-11)17-6-3-2-4-7-17;/h11-12H,2-10H2,1H3,(H3,14,15,16);1H. The molecule has 0 amide bonds. The smallest absolute Gasteiger partial charge is 0.188 e. The molecule has 112 valence electrons. The Morgan fingerprint density at radius 3 is 2.63 bits per heavy atom. The van der Waals surface area contributed by atoms with Gasteiger partial charge in [-0.05, 0) is 38.8 Å². The second-order valence-corrected chi connectivity index (χ2v) is 5.32. The number of rotatable bonds is 5. The molecule has 0 bridgehead atoms. The maximum absolute atomic E-state index is 5.82. The average Bonchev–Trinajstić information content (AvgIpc) is 2.35. The minimum absolute atomic E-state index is 0. The zero-order valence-electron chi connectivity index (χ0n) is 11.8. The van der Waals surface area contributed by atoms with E-state index in [0.29, 0.717) is 25.2 Å². The van der Waals surface area contributed by atoms with E-state index in [1.54, 1.807) is 7.11 Å². The molecule has 0 aromatic rings. The highest BCUT2D eigenvalue weighted by Crippen LogP contribution is 2.27. The summed E-state index contributed by atoms with van der Waals surface area (Å²) >= 11 is 0. The first-order valence-electron chi connectivity index (χ1n) is 7.09. The number of nitrogens with two attached hydrogens (primary N) is 1. The summed E-state index contributed by atoms with van der Waals surface area (Å²) < 4.78 is 4.94. The van der Waals surface area contributed by atoms with Crippen molar-refractivity contribution in [2.24, 2.45) is 10.7 Å². The van der Waals surface area contributed by atoms with Gasteiger partial charge in [-0.1, -0.05) is 6.42 Å². The minimum Gasteiger partial charge on any atom is -0.383 e. The highest BCUT2D eigenvalue weighted by Gasteiger charge is 2.34. The van der Waals surface area contributed by atoms with Crippen LogP contribution in [0.5, 0.6) is 0 Å². The van der Waals surface area contributed by atoms with Crippen LogP contribution >= 0.6 is 24.0 Å². The summed E-state index contributed by atoms with van der Waals surface area (Å²) in [6, 6.07) is 1.29. The van der Waals surface area contributed by atoms with Gasteiger partial charge in [-0.15, -0.1) is 24.0 Å². The molecule has 3 N–H and O–H groups in total. The molecular formula is C13H27IN4O. The first-order chi connectivity index (χ1) is 8.79. The number of likely N-dealkylation sites (tertiary alicyclic amines) is 1. The van der Waals surface area contributed by atoms with Gasteiger partial charge in [0.2, 0.25) is 0 Å². The number of hydrogen-bond donors (Lipinski definition) is 2. The van der Waals surface area contributed by atoms with Crippen molar-refractivity contribution in [2.45, 2.75) is 44.2 Å². The molecule has 6 heteroatoms. The molecule has 2 rings (SSSR count). The molecule has 1 aliphatic heterocycles. The quantitative estimate of drug-likeness (QED) is 0.324. The molecule has 2 aliphatic rings. The highest BCUT2D eigenvalue weighted by atomic mass is 127. The van der Waals surface area contributed by atoms with Crippen molar-refractivity contribution in [1.82, 2.24) is 10.2 Å². The number of halogens is 1. The van der Waals surface area contributed by atoms with Gasteiger partial charge in [0.05, 0.1) is 13.2 Å². The second kappa shape index (κ2) is 8.97. The van der Waals surface area contributed by atoms with Gasteiger partial charge in [-0.25, -0.2) is 0 Å². The van der Waals surface area contributed by atoms with E-state index >= 15 is 0 Å². The van der Waals surface area contributed by atoms with Crippen LogP contribution in [0.25, 0.3) is 0 Å². The number of aliphatic imine (C=N–C) groups is 1. The van der Waals surface area contributed by atoms with E-state index in [1.165, 1.54) is 45.2 Å². The topological polar surface area (TPSA) is 62.9 Å². The molecule has 0 atom stereocenters. The third-order valence-corrected chi connectivity index (χ3v) is 3.95. The molecule has 2 fully saturated rings. The summed E-state index contributed by atoms with van der Waals surface area (Å²) in [5.74, 6) is 0.564. The van der Waals surface area contributed by atoms with Crippen LogP contribution < -0.4 is 11.1 Å². The van der Waals surface area contributed by atoms with Gasteiger partial charge >= 0.3 is 0 Å². The lowest BCUT2D eigenvalue weighted by atomic mass is 9.84. The summed E-state index contributed by atoms with van der Waals surface area (Å²) in [7, 11) is 1.67. The lowest BCUT2D eigenvalue weighted by molar-refractivity contribution is 0.0846. The second-order valence-electron chi connectivity index (χ2n) is 5.32. The van der Waals surface area contributed by atoms with Crippen molar-refractivity contribution >= 4 is 29.9 Å². The van der Waals surface area contributed by atoms with Crippen LogP contribution in [0.3, 0.4) is 0 Å². The van der Waals surface area contributed by atoms with E-state index in [2.05, 4.69) is 15.2 Å². The fourth-order valence-corrected chi connectivity index (χ4v) is 2.80. The van der Waals surface area contributed by atoms with Crippen molar-refractivity contribution in [3.05, 3.63) is 0 Å². The number of hydrogen-bond acceptors (Lipinski definition) is 3. The Kier molecular flexibility index (Phi) is 8.01. The average molecular weight is 382 g/mol. The van der Waals surface area contributed by atoms with Crippen LogP contribution in [0.4, 0.5) is 0 Å². The fraction of sp³-hybridized carbons (Fsp3) is 0.923. The SMILES string of the molecule is COCCN=C(N)NC1CC(N2CCCCC2)C1.I. The lowest BCUT2D eigenvalue weighted by Gasteiger charge is -2.44. The van der Waals surface area contributed by atoms with Crippen LogP contribution in [-0.4, -0.2) is 56.3 Å². The Labute approximate surface area is 133 Å². The predicted octanol–water partition coefficient (Wildman–Crippen LogP) is 1.17. The van der Waals surface area contributed by atoms with Crippen LogP contribution in [0, 0.1) is 0 Å². The monoisotopic (exact) mass is 382 g/mol. The molecule has 19 heavy (non-hydrogen) atoms. The summed E-state index contributed by atoms with van der Waals surface area (Å²) in [6.07, 6.45) is 6.56. The van der Waals surface area contributed by atoms with E-state index in [0.717, 1.165) is 6.04 Å². The van der Waals surface area contributed by atoms with Gasteiger partial charge in [0, 0.05) is 19.2 Å². The molecule has 0 unspecified atom stereocenters. The summed E-state index contributed by atoms with van der Waals surface area (Å²) in [6.45, 7) is 3.84. The Bertz CT molecular complexity index is 276. The van der Waals surface area contributed by atoms with Crippen molar-refractivity contribution in [3.63, 3.8) is 0 Å². The van der Waals surface area contributed by atoms with Crippen LogP contribution in [0.1, 0.15) is 32.1 Å². The van der Waals surface area contributed by atoms with Crippen molar-refractivity contribution in [3.8, 4) is 0 Å². The van der Waals surface area contributed by atoms with E-state index in [-0.39, 0.29) is 24.0 Å². The number of guanidine groups is 1. The van der Waals surface area contributed by atoms with Gasteiger partial charge in [-0.3, -0.25) is 4.99 Å². The van der Waals surface area contributed by atoms with E-state index in [9.17, 15) is 0 Å². The minimum atomic E-state index is 0. The van der Waals surface area contributed by atoms with Crippen LogP contribution in [-0.2, 0) is 4.74 Å². The summed E-state index contributed by atoms with van der Waals surface area (Å²) in [5, 5.41) is 3.29. The Balaban J connectivity index is 0.00000180. The lowest BCUT2D eigenvalue weighted by Crippen LogP contribution is -2.56. The van der Waals surface area contributed by atoms with Gasteiger partial charge in [-0.2, -0.15) is 0 Å². The molecule has 1 saturated heterocycles. The first-order valence-corrected chi connectivity index (χ1v) is 7.09. The van der Waals surface area contributed by atoms with Gasteiger partial charge in [0.25, 0.3) is 0 Å². The fourth-order valence-electron chi connectivity index (χ4n) is 2.80. The molecule has 1 saturated carbocycles. The third kappa shape index (κ3) is 5.43. The number of nitrogens with one attached hydrogen (secondary N) is 1. The Morgan fingerprint density at radius 2 is 2.00 bits per heavy atom. The molecule has 0 aromatic carbocycles. The van der Waals surface area contributed by atoms with Crippen LogP contribution in [0.15, 0.2) is 4.99 Å². The van der Waals surface area contributed by atoms with Gasteiger partial charge in [0.1, 0.15) is 0 Å². The molecule has 0 spiro atoms. The molecule has 5 nitrogen and oxygen atoms in total. The van der Waals surface area contributed by atoms with Gasteiger partial charge in [0.15, 0.2) is 5.96 Å². The zero-order valence-corrected chi connectivity index (χ0v) is 14.1. The Hall–Kier alpha value is -0.0800. The van der Waals surface area contributed by atoms with Gasteiger partial charge < -0.3 is 20.7 Å². The number of nitrogens with zero attached hydrogens (tertiary/aromatic N) is 2. The molecular weight excluding hydrogens is 355 g/mol. The predicted molar refractivity (Wildman–Crippen MR) is 89.2 cm³/mol. The van der Waals surface area contributed by atoms with E-state index in [1.807, 2.05) is 0 Å². The molecule has 0 radical (unpaired) electrons.